The fourth-order valence-corrected chi connectivity index (χ4v) is 1.65. The molecule has 5 nitrogen and oxygen atoms in total. The number of H-pyrrole nitrogens is 1. The number of hydrogen-bond donors (Lipinski definition) is 1. The second kappa shape index (κ2) is 2.80. The maximum atomic E-state index is 4.17. The Hall–Kier alpha value is -1.91. The summed E-state index contributed by atoms with van der Waals surface area (Å²) in [6.07, 6.45) is 1.85. The first kappa shape index (κ1) is 7.49. The van der Waals surface area contributed by atoms with Gasteiger partial charge in [-0.3, -0.25) is 4.99 Å². The molecule has 3 rings (SSSR count). The third-order valence-corrected chi connectivity index (χ3v) is 2.33. The van der Waals surface area contributed by atoms with E-state index >= 15 is 0 Å². The van der Waals surface area contributed by atoms with Crippen LogP contribution in [-0.4, -0.2) is 34.8 Å². The molecule has 0 radical (unpaired) electrons. The van der Waals surface area contributed by atoms with Crippen molar-refractivity contribution in [1.82, 2.24) is 15.4 Å². The first-order valence-electron chi connectivity index (χ1n) is 4.51. The molecule has 2 heterocycles. The van der Waals surface area contributed by atoms with E-state index in [-0.39, 0.29) is 0 Å². The lowest BCUT2D eigenvalue weighted by Gasteiger charge is -2.13. The van der Waals surface area contributed by atoms with Crippen molar-refractivity contribution in [2.75, 3.05) is 18.0 Å². The van der Waals surface area contributed by atoms with Gasteiger partial charge in [-0.05, 0) is 12.1 Å². The van der Waals surface area contributed by atoms with Gasteiger partial charge in [-0.25, -0.2) is 0 Å². The van der Waals surface area contributed by atoms with Crippen molar-refractivity contribution in [1.29, 1.82) is 0 Å². The van der Waals surface area contributed by atoms with Gasteiger partial charge >= 0.3 is 0 Å². The van der Waals surface area contributed by atoms with E-state index in [9.17, 15) is 0 Å². The van der Waals surface area contributed by atoms with Crippen LogP contribution >= 0.6 is 0 Å². The Kier molecular flexibility index (Phi) is 1.50. The predicted molar refractivity (Wildman–Crippen MR) is 54.6 cm³/mol. The van der Waals surface area contributed by atoms with E-state index in [1.807, 2.05) is 24.5 Å². The molecule has 0 fully saturated rings. The zero-order valence-electron chi connectivity index (χ0n) is 7.51. The van der Waals surface area contributed by atoms with E-state index in [0.717, 1.165) is 29.8 Å². The Bertz CT molecular complexity index is 487. The molecule has 0 saturated heterocycles. The van der Waals surface area contributed by atoms with E-state index < -0.39 is 0 Å². The van der Waals surface area contributed by atoms with Crippen LogP contribution in [0.1, 0.15) is 0 Å². The van der Waals surface area contributed by atoms with Gasteiger partial charge in [0.1, 0.15) is 11.0 Å². The number of nitrogens with one attached hydrogen (secondary N) is 1. The Labute approximate surface area is 80.4 Å². The van der Waals surface area contributed by atoms with E-state index in [2.05, 4.69) is 25.3 Å². The molecule has 1 aromatic heterocycles. The summed E-state index contributed by atoms with van der Waals surface area (Å²) in [5.74, 6) is 0. The summed E-state index contributed by atoms with van der Waals surface area (Å²) in [5, 5.41) is 10.8. The van der Waals surface area contributed by atoms with Gasteiger partial charge < -0.3 is 4.90 Å². The van der Waals surface area contributed by atoms with Crippen LogP contribution in [-0.2, 0) is 0 Å². The minimum atomic E-state index is 0.855. The van der Waals surface area contributed by atoms with Crippen LogP contribution in [0.15, 0.2) is 23.2 Å². The standard InChI is InChI=1S/C9H9N5/c1-2-7-9(12-13-11-7)8(3-1)14-5-4-10-6-14/h1-3,6H,4-5H2,(H,11,12,13). The summed E-state index contributed by atoms with van der Waals surface area (Å²) in [6, 6.07) is 5.95. The summed E-state index contributed by atoms with van der Waals surface area (Å²) in [6.45, 7) is 1.78. The molecule has 1 aromatic carbocycles. The van der Waals surface area contributed by atoms with Crippen LogP contribution in [0.4, 0.5) is 5.69 Å². The smallest absolute Gasteiger partial charge is 0.136 e. The molecule has 5 heteroatoms. The number of para-hydroxylation sites is 1. The predicted octanol–water partition coefficient (Wildman–Crippen LogP) is 0.806. The molecule has 0 amide bonds. The van der Waals surface area contributed by atoms with Gasteiger partial charge in [-0.15, -0.1) is 0 Å². The van der Waals surface area contributed by atoms with Crippen LogP contribution in [0.2, 0.25) is 0 Å². The Balaban J connectivity index is 2.19. The van der Waals surface area contributed by atoms with E-state index in [0.29, 0.717) is 0 Å². The topological polar surface area (TPSA) is 57.2 Å². The van der Waals surface area contributed by atoms with Crippen molar-refractivity contribution in [3.63, 3.8) is 0 Å². The Morgan fingerprint density at radius 1 is 1.29 bits per heavy atom. The lowest BCUT2D eigenvalue weighted by molar-refractivity contribution is 0.957. The Morgan fingerprint density at radius 2 is 2.29 bits per heavy atom. The highest BCUT2D eigenvalue weighted by Crippen LogP contribution is 2.23. The minimum absolute atomic E-state index is 0.855. The number of rotatable bonds is 1. The molecule has 0 bridgehead atoms. The first-order chi connectivity index (χ1) is 6.95. The number of aromatic amines is 1. The quantitative estimate of drug-likeness (QED) is 0.718. The van der Waals surface area contributed by atoms with Crippen molar-refractivity contribution in [3.8, 4) is 0 Å². The highest BCUT2D eigenvalue weighted by atomic mass is 15.3. The van der Waals surface area contributed by atoms with Gasteiger partial charge in [0.05, 0.1) is 18.6 Å². The van der Waals surface area contributed by atoms with Gasteiger partial charge in [0.25, 0.3) is 0 Å². The lowest BCUT2D eigenvalue weighted by Crippen LogP contribution is -2.18. The number of aromatic nitrogens is 3. The average Bonchev–Trinajstić information content (AvgIpc) is 2.88. The van der Waals surface area contributed by atoms with Crippen LogP contribution in [0, 0.1) is 0 Å². The van der Waals surface area contributed by atoms with Crippen LogP contribution in [0.25, 0.3) is 11.0 Å². The Morgan fingerprint density at radius 3 is 3.14 bits per heavy atom. The van der Waals surface area contributed by atoms with Gasteiger partial charge in [-0.2, -0.15) is 15.4 Å². The molecule has 1 N–H and O–H groups in total. The minimum Gasteiger partial charge on any atom is -0.329 e. The summed E-state index contributed by atoms with van der Waals surface area (Å²) in [7, 11) is 0. The zero-order valence-corrected chi connectivity index (χ0v) is 7.51. The van der Waals surface area contributed by atoms with Crippen molar-refractivity contribution >= 4 is 23.1 Å². The highest BCUT2D eigenvalue weighted by Gasteiger charge is 2.12. The molecule has 70 valence electrons. The molecule has 1 aliphatic rings. The van der Waals surface area contributed by atoms with Crippen molar-refractivity contribution in [3.05, 3.63) is 18.2 Å². The number of fused-ring (bicyclic) bond motifs is 1. The maximum absolute atomic E-state index is 4.17. The fourth-order valence-electron chi connectivity index (χ4n) is 1.65. The average molecular weight is 187 g/mol. The molecule has 14 heavy (non-hydrogen) atoms. The van der Waals surface area contributed by atoms with E-state index in [4.69, 9.17) is 0 Å². The molecule has 0 unspecified atom stereocenters. The second-order valence-corrected chi connectivity index (χ2v) is 3.18. The molecule has 0 aliphatic carbocycles. The molecule has 2 aromatic rings. The van der Waals surface area contributed by atoms with Crippen LogP contribution in [0.3, 0.4) is 0 Å². The lowest BCUT2D eigenvalue weighted by atomic mass is 10.2. The zero-order chi connectivity index (χ0) is 9.38. The van der Waals surface area contributed by atoms with Crippen LogP contribution in [0.5, 0.6) is 0 Å². The maximum Gasteiger partial charge on any atom is 0.136 e. The van der Waals surface area contributed by atoms with Gasteiger partial charge in [0.2, 0.25) is 0 Å². The summed E-state index contributed by atoms with van der Waals surface area (Å²) in [5.41, 5.74) is 2.86. The number of aliphatic imine (C=N–C) groups is 1. The summed E-state index contributed by atoms with van der Waals surface area (Å²) < 4.78 is 0. The normalized spacial score (nSPS) is 15.6. The molecule has 0 saturated carbocycles. The number of nitrogens with zero attached hydrogens (tertiary/aromatic N) is 4. The highest BCUT2D eigenvalue weighted by molar-refractivity contribution is 5.95. The summed E-state index contributed by atoms with van der Waals surface area (Å²) in [4.78, 5) is 6.26. The van der Waals surface area contributed by atoms with Crippen molar-refractivity contribution in [2.45, 2.75) is 0 Å². The van der Waals surface area contributed by atoms with E-state index in [1.165, 1.54) is 0 Å². The number of hydrogen-bond acceptors (Lipinski definition) is 4. The number of anilines is 1. The second-order valence-electron chi connectivity index (χ2n) is 3.18. The molecular weight excluding hydrogens is 178 g/mol. The molecule has 0 atom stereocenters. The van der Waals surface area contributed by atoms with Gasteiger partial charge in [-0.1, -0.05) is 6.07 Å². The fraction of sp³-hybridized carbons (Fsp3) is 0.222. The van der Waals surface area contributed by atoms with Gasteiger partial charge in [0, 0.05) is 6.54 Å². The monoisotopic (exact) mass is 187 g/mol. The first-order valence-corrected chi connectivity index (χ1v) is 4.51. The van der Waals surface area contributed by atoms with Crippen molar-refractivity contribution < 1.29 is 0 Å². The van der Waals surface area contributed by atoms with Crippen LogP contribution < -0.4 is 4.90 Å². The number of benzene rings is 1. The van der Waals surface area contributed by atoms with E-state index in [1.54, 1.807) is 0 Å². The van der Waals surface area contributed by atoms with Crippen molar-refractivity contribution in [2.24, 2.45) is 4.99 Å². The SMILES string of the molecule is C1=NCCN1c1cccc2n[nH]nc12. The molecular formula is C9H9N5. The van der Waals surface area contributed by atoms with Gasteiger partial charge in [0.15, 0.2) is 0 Å². The third kappa shape index (κ3) is 0.985. The largest absolute Gasteiger partial charge is 0.329 e. The summed E-state index contributed by atoms with van der Waals surface area (Å²) >= 11 is 0. The molecule has 1 aliphatic heterocycles. The third-order valence-electron chi connectivity index (χ3n) is 2.33. The molecule has 0 spiro atoms.